The summed E-state index contributed by atoms with van der Waals surface area (Å²) in [6, 6.07) is 16.5. The first-order valence-corrected chi connectivity index (χ1v) is 11.6. The Kier molecular flexibility index (Phi) is 6.79. The fourth-order valence-electron chi connectivity index (χ4n) is 4.75. The van der Waals surface area contributed by atoms with Gasteiger partial charge in [0.15, 0.2) is 5.11 Å². The number of para-hydroxylation sites is 1. The van der Waals surface area contributed by atoms with Gasteiger partial charge in [-0.25, -0.2) is 0 Å². The van der Waals surface area contributed by atoms with Gasteiger partial charge in [0.2, 0.25) is 0 Å². The van der Waals surface area contributed by atoms with Crippen LogP contribution in [0.4, 0.5) is 0 Å². The lowest BCUT2D eigenvalue weighted by Gasteiger charge is -2.28. The standard InChI is InChI=1S/C26H30N4O2S/c1-17-10-5-6-12-22(17)30-18(2)16-20(19(30)3)25-24(21-11-7-8-14-27-21)28-26(33)29(25)15-9-13-23(31)32-4/h5-8,10-12,14,16,24-25H,9,13,15H2,1-4H3,(H,28,33). The van der Waals surface area contributed by atoms with E-state index >= 15 is 0 Å². The van der Waals surface area contributed by atoms with Gasteiger partial charge in [0.1, 0.15) is 0 Å². The van der Waals surface area contributed by atoms with E-state index in [9.17, 15) is 4.79 Å². The molecular weight excluding hydrogens is 432 g/mol. The number of ether oxygens (including phenoxy) is 1. The molecule has 4 rings (SSSR count). The second kappa shape index (κ2) is 9.75. The topological polar surface area (TPSA) is 59.4 Å². The number of nitrogens with one attached hydrogen (secondary N) is 1. The number of aryl methyl sites for hydroxylation is 2. The number of esters is 1. The maximum Gasteiger partial charge on any atom is 0.305 e. The van der Waals surface area contributed by atoms with Crippen molar-refractivity contribution in [2.75, 3.05) is 13.7 Å². The van der Waals surface area contributed by atoms with Crippen molar-refractivity contribution in [3.63, 3.8) is 0 Å². The smallest absolute Gasteiger partial charge is 0.305 e. The van der Waals surface area contributed by atoms with E-state index in [4.69, 9.17) is 17.0 Å². The lowest BCUT2D eigenvalue weighted by molar-refractivity contribution is -0.140. The minimum Gasteiger partial charge on any atom is -0.469 e. The van der Waals surface area contributed by atoms with Crippen molar-refractivity contribution < 1.29 is 9.53 Å². The van der Waals surface area contributed by atoms with Gasteiger partial charge in [-0.2, -0.15) is 0 Å². The monoisotopic (exact) mass is 462 g/mol. The Morgan fingerprint density at radius 3 is 2.61 bits per heavy atom. The first-order valence-electron chi connectivity index (χ1n) is 11.2. The minimum atomic E-state index is -0.205. The summed E-state index contributed by atoms with van der Waals surface area (Å²) in [4.78, 5) is 18.5. The molecule has 1 aliphatic heterocycles. The zero-order valence-corrected chi connectivity index (χ0v) is 20.4. The largest absolute Gasteiger partial charge is 0.469 e. The molecule has 172 valence electrons. The second-order valence-corrected chi connectivity index (χ2v) is 8.83. The predicted octanol–water partition coefficient (Wildman–Crippen LogP) is 4.72. The van der Waals surface area contributed by atoms with Crippen molar-refractivity contribution in [3.05, 3.63) is 82.9 Å². The molecule has 1 N–H and O–H groups in total. The van der Waals surface area contributed by atoms with Crippen LogP contribution < -0.4 is 5.32 Å². The SMILES string of the molecule is COC(=O)CCCN1C(=S)NC(c2ccccn2)C1c1cc(C)n(-c2ccccc2C)c1C. The number of nitrogens with zero attached hydrogens (tertiary/aromatic N) is 3. The van der Waals surface area contributed by atoms with Gasteiger partial charge in [0, 0.05) is 36.2 Å². The molecule has 1 fully saturated rings. The lowest BCUT2D eigenvalue weighted by Crippen LogP contribution is -2.31. The van der Waals surface area contributed by atoms with Crippen LogP contribution in [-0.2, 0) is 9.53 Å². The van der Waals surface area contributed by atoms with Crippen LogP contribution >= 0.6 is 12.2 Å². The quantitative estimate of drug-likeness (QED) is 0.405. The number of methoxy groups -OCH3 is 1. The Balaban J connectivity index is 1.76. The third-order valence-corrected chi connectivity index (χ3v) is 6.70. The summed E-state index contributed by atoms with van der Waals surface area (Å²) in [7, 11) is 1.42. The van der Waals surface area contributed by atoms with Gasteiger partial charge < -0.3 is 19.5 Å². The van der Waals surface area contributed by atoms with Crippen LogP contribution in [-0.4, -0.2) is 39.2 Å². The zero-order valence-electron chi connectivity index (χ0n) is 19.5. The summed E-state index contributed by atoms with van der Waals surface area (Å²) >= 11 is 5.76. The number of aromatic nitrogens is 2. The third kappa shape index (κ3) is 4.50. The van der Waals surface area contributed by atoms with E-state index in [1.807, 2.05) is 24.4 Å². The van der Waals surface area contributed by atoms with Crippen LogP contribution in [0.1, 0.15) is 53.1 Å². The van der Waals surface area contributed by atoms with E-state index in [0.29, 0.717) is 24.5 Å². The number of thiocarbonyl (C=S) groups is 1. The van der Waals surface area contributed by atoms with Gasteiger partial charge in [0.25, 0.3) is 0 Å². The van der Waals surface area contributed by atoms with Gasteiger partial charge in [0.05, 0.1) is 24.9 Å². The number of hydrogen-bond acceptors (Lipinski definition) is 4. The molecule has 0 saturated carbocycles. The molecule has 1 saturated heterocycles. The highest BCUT2D eigenvalue weighted by molar-refractivity contribution is 7.80. The van der Waals surface area contributed by atoms with E-state index in [0.717, 1.165) is 5.69 Å². The van der Waals surface area contributed by atoms with E-state index < -0.39 is 0 Å². The number of carbonyl (C=O) groups excluding carboxylic acids is 1. The Bertz CT molecular complexity index is 1160. The summed E-state index contributed by atoms with van der Waals surface area (Å²) in [6.07, 6.45) is 2.84. The maximum atomic E-state index is 11.7. The van der Waals surface area contributed by atoms with Crippen LogP contribution in [0.3, 0.4) is 0 Å². The van der Waals surface area contributed by atoms with Gasteiger partial charge in [-0.3, -0.25) is 9.78 Å². The van der Waals surface area contributed by atoms with Crippen molar-refractivity contribution in [1.29, 1.82) is 0 Å². The number of hydrogen-bond donors (Lipinski definition) is 1. The van der Waals surface area contributed by atoms with E-state index in [2.05, 4.69) is 70.9 Å². The van der Waals surface area contributed by atoms with Crippen molar-refractivity contribution in [3.8, 4) is 5.69 Å². The summed E-state index contributed by atoms with van der Waals surface area (Å²) in [5, 5.41) is 4.18. The van der Waals surface area contributed by atoms with Gasteiger partial charge >= 0.3 is 5.97 Å². The molecule has 2 aromatic heterocycles. The highest BCUT2D eigenvalue weighted by Gasteiger charge is 2.41. The average Bonchev–Trinajstić information content (AvgIpc) is 3.30. The summed E-state index contributed by atoms with van der Waals surface area (Å²) < 4.78 is 7.14. The molecule has 33 heavy (non-hydrogen) atoms. The molecule has 2 atom stereocenters. The fourth-order valence-corrected chi connectivity index (χ4v) is 5.08. The Morgan fingerprint density at radius 2 is 1.91 bits per heavy atom. The number of rotatable bonds is 7. The molecule has 0 spiro atoms. The summed E-state index contributed by atoms with van der Waals surface area (Å²) in [5.41, 5.74) is 6.90. The molecule has 0 radical (unpaired) electrons. The first kappa shape index (κ1) is 23.0. The normalized spacial score (nSPS) is 17.8. The minimum absolute atomic E-state index is 0.0333. The van der Waals surface area contributed by atoms with E-state index in [1.165, 1.54) is 35.3 Å². The lowest BCUT2D eigenvalue weighted by atomic mass is 9.96. The molecule has 2 unspecified atom stereocenters. The van der Waals surface area contributed by atoms with Crippen molar-refractivity contribution in [1.82, 2.24) is 19.8 Å². The number of carbonyl (C=O) groups is 1. The van der Waals surface area contributed by atoms with Crippen LogP contribution in [0, 0.1) is 20.8 Å². The van der Waals surface area contributed by atoms with Gasteiger partial charge in [-0.15, -0.1) is 0 Å². The first-order chi connectivity index (χ1) is 15.9. The highest BCUT2D eigenvalue weighted by Crippen LogP contribution is 2.41. The molecule has 0 bridgehead atoms. The molecule has 0 amide bonds. The predicted molar refractivity (Wildman–Crippen MR) is 133 cm³/mol. The number of benzene rings is 1. The van der Waals surface area contributed by atoms with Crippen LogP contribution in [0.2, 0.25) is 0 Å². The molecule has 3 aromatic rings. The molecular formula is C26H30N4O2S. The summed E-state index contributed by atoms with van der Waals surface area (Å²) in [6.45, 7) is 7.10. The van der Waals surface area contributed by atoms with Crippen LogP contribution in [0.5, 0.6) is 0 Å². The van der Waals surface area contributed by atoms with Crippen molar-refractivity contribution in [2.45, 2.75) is 45.7 Å². The average molecular weight is 463 g/mol. The third-order valence-electron chi connectivity index (χ3n) is 6.35. The fraction of sp³-hybridized carbons (Fsp3) is 0.346. The zero-order chi connectivity index (χ0) is 23.5. The Labute approximate surface area is 200 Å². The molecule has 1 aromatic carbocycles. The molecule has 7 heteroatoms. The maximum absolute atomic E-state index is 11.7. The van der Waals surface area contributed by atoms with E-state index in [-0.39, 0.29) is 18.1 Å². The van der Waals surface area contributed by atoms with Crippen LogP contribution in [0.15, 0.2) is 54.7 Å². The Hall–Kier alpha value is -3.19. The number of pyridine rings is 1. The molecule has 6 nitrogen and oxygen atoms in total. The molecule has 1 aliphatic rings. The van der Waals surface area contributed by atoms with Crippen LogP contribution in [0.25, 0.3) is 5.69 Å². The van der Waals surface area contributed by atoms with Crippen molar-refractivity contribution >= 4 is 23.3 Å². The van der Waals surface area contributed by atoms with Gasteiger partial charge in [-0.1, -0.05) is 24.3 Å². The Morgan fingerprint density at radius 1 is 1.15 bits per heavy atom. The molecule has 3 heterocycles. The van der Waals surface area contributed by atoms with E-state index in [1.54, 1.807) is 0 Å². The summed E-state index contributed by atoms with van der Waals surface area (Å²) in [5.74, 6) is -0.205. The highest BCUT2D eigenvalue weighted by atomic mass is 32.1. The van der Waals surface area contributed by atoms with Crippen molar-refractivity contribution in [2.24, 2.45) is 0 Å². The molecule has 0 aliphatic carbocycles. The van der Waals surface area contributed by atoms with Gasteiger partial charge in [-0.05, 0) is 74.8 Å². The second-order valence-electron chi connectivity index (χ2n) is 8.45.